The monoisotopic (exact) mass is 463 g/mol. The maximum Gasteiger partial charge on any atom is 0.308 e. The molecule has 112 valence electrons. The van der Waals surface area contributed by atoms with Crippen molar-refractivity contribution in [1.82, 2.24) is 5.32 Å². The van der Waals surface area contributed by atoms with E-state index in [0.29, 0.717) is 11.5 Å². The van der Waals surface area contributed by atoms with Crippen molar-refractivity contribution in [3.63, 3.8) is 0 Å². The Bertz CT molecular complexity index is 607. The van der Waals surface area contributed by atoms with E-state index in [9.17, 15) is 14.7 Å². The molecule has 3 rings (SSSR count). The molecule has 4 atom stereocenters. The van der Waals surface area contributed by atoms with Crippen molar-refractivity contribution >= 4 is 50.4 Å². The molecule has 0 spiro atoms. The number of fused-ring (bicyclic) bond motifs is 2. The fourth-order valence-electron chi connectivity index (χ4n) is 3.75. The number of amides is 1. The molecule has 2 aliphatic carbocycles. The summed E-state index contributed by atoms with van der Waals surface area (Å²) in [6.07, 6.45) is 2.92. The zero-order valence-electron chi connectivity index (χ0n) is 11.2. The van der Waals surface area contributed by atoms with Crippen molar-refractivity contribution in [1.29, 1.82) is 0 Å². The Hall–Kier alpha value is -0.630. The second-order valence-electron chi connectivity index (χ2n) is 5.82. The third-order valence-corrected chi connectivity index (χ3v) is 6.03. The van der Waals surface area contributed by atoms with Gasteiger partial charge in [0.05, 0.1) is 11.5 Å². The van der Waals surface area contributed by atoms with E-state index in [4.69, 9.17) is 0 Å². The van der Waals surface area contributed by atoms with Gasteiger partial charge in [0.15, 0.2) is 0 Å². The third-order valence-electron chi connectivity index (χ3n) is 4.67. The first-order valence-electron chi connectivity index (χ1n) is 6.96. The zero-order valence-corrected chi connectivity index (χ0v) is 14.9. The van der Waals surface area contributed by atoms with Crippen molar-refractivity contribution in [3.8, 4) is 0 Å². The number of hydrogen-bond acceptors (Lipinski definition) is 2. The van der Waals surface area contributed by atoms with Gasteiger partial charge in [0.2, 0.25) is 0 Å². The quantitative estimate of drug-likeness (QED) is 0.676. The Balaban J connectivity index is 1.81. The Morgan fingerprint density at radius 3 is 2.71 bits per heavy atom. The third kappa shape index (κ3) is 2.84. The number of hydrogen-bond donors (Lipinski definition) is 2. The Labute approximate surface area is 145 Å². The van der Waals surface area contributed by atoms with Crippen molar-refractivity contribution < 1.29 is 14.7 Å². The number of benzene rings is 1. The number of halogens is 2. The first-order valence-corrected chi connectivity index (χ1v) is 8.83. The number of aliphatic carboxylic acids is 1. The SMILES string of the molecule is O=C(NC1C2CCC(C2)C1C(=O)O)c1cc(I)ccc1Br. The average Bonchev–Trinajstić information content (AvgIpc) is 3.02. The molecule has 2 aliphatic rings. The standard InChI is InChI=1S/C15H15BrINO3/c16-11-4-3-9(17)6-10(11)14(19)18-13-8-2-1-7(5-8)12(13)15(20)21/h3-4,6-8,12-13H,1-2,5H2,(H,18,19)(H,20,21). The van der Waals surface area contributed by atoms with E-state index in [1.54, 1.807) is 0 Å². The molecule has 1 aromatic rings. The number of rotatable bonds is 3. The summed E-state index contributed by atoms with van der Waals surface area (Å²) in [7, 11) is 0. The highest BCUT2D eigenvalue weighted by Crippen LogP contribution is 2.48. The smallest absolute Gasteiger partial charge is 0.308 e. The van der Waals surface area contributed by atoms with Crippen LogP contribution in [-0.4, -0.2) is 23.0 Å². The minimum absolute atomic E-state index is 0.191. The summed E-state index contributed by atoms with van der Waals surface area (Å²) < 4.78 is 1.71. The first kappa shape index (κ1) is 15.3. The van der Waals surface area contributed by atoms with Gasteiger partial charge in [-0.15, -0.1) is 0 Å². The van der Waals surface area contributed by atoms with Crippen LogP contribution in [-0.2, 0) is 4.79 Å². The second-order valence-corrected chi connectivity index (χ2v) is 7.92. The minimum Gasteiger partial charge on any atom is -0.481 e. The van der Waals surface area contributed by atoms with Gasteiger partial charge in [0.1, 0.15) is 0 Å². The van der Waals surface area contributed by atoms with Crippen LogP contribution >= 0.6 is 38.5 Å². The number of carboxylic acids is 1. The van der Waals surface area contributed by atoms with Crippen LogP contribution < -0.4 is 5.32 Å². The maximum atomic E-state index is 12.5. The number of nitrogens with one attached hydrogen (secondary N) is 1. The normalized spacial score (nSPS) is 30.4. The van der Waals surface area contributed by atoms with E-state index < -0.39 is 11.9 Å². The van der Waals surface area contributed by atoms with Gasteiger partial charge in [-0.1, -0.05) is 0 Å². The van der Waals surface area contributed by atoms with Crippen LogP contribution in [0.3, 0.4) is 0 Å². The van der Waals surface area contributed by atoms with Crippen molar-refractivity contribution in [3.05, 3.63) is 31.8 Å². The lowest BCUT2D eigenvalue weighted by Crippen LogP contribution is -2.46. The highest BCUT2D eigenvalue weighted by atomic mass is 127. The van der Waals surface area contributed by atoms with E-state index in [1.807, 2.05) is 18.2 Å². The minimum atomic E-state index is -0.783. The highest BCUT2D eigenvalue weighted by Gasteiger charge is 2.51. The molecule has 0 aliphatic heterocycles. The summed E-state index contributed by atoms with van der Waals surface area (Å²) in [5, 5.41) is 12.4. The molecular weight excluding hydrogens is 449 g/mol. The molecule has 0 radical (unpaired) electrons. The number of carbonyl (C=O) groups is 2. The van der Waals surface area contributed by atoms with Crippen LogP contribution in [0.1, 0.15) is 29.6 Å². The van der Waals surface area contributed by atoms with Gasteiger partial charge < -0.3 is 10.4 Å². The van der Waals surface area contributed by atoms with Crippen LogP contribution in [0.4, 0.5) is 0 Å². The van der Waals surface area contributed by atoms with Gasteiger partial charge in [0, 0.05) is 14.1 Å². The summed E-state index contributed by atoms with van der Waals surface area (Å²) in [6, 6.07) is 5.33. The fraction of sp³-hybridized carbons (Fsp3) is 0.467. The predicted molar refractivity (Wildman–Crippen MR) is 90.1 cm³/mol. The van der Waals surface area contributed by atoms with Crippen molar-refractivity contribution in [2.75, 3.05) is 0 Å². The van der Waals surface area contributed by atoms with E-state index in [-0.39, 0.29) is 17.9 Å². The summed E-state index contributed by atoms with van der Waals surface area (Å²) >= 11 is 5.54. The fourth-order valence-corrected chi connectivity index (χ4v) is 4.67. The lowest BCUT2D eigenvalue weighted by molar-refractivity contribution is -0.144. The number of carboxylic acid groups (broad SMARTS) is 1. The molecule has 4 nitrogen and oxygen atoms in total. The van der Waals surface area contributed by atoms with Gasteiger partial charge in [-0.3, -0.25) is 9.59 Å². The van der Waals surface area contributed by atoms with Crippen molar-refractivity contribution in [2.45, 2.75) is 25.3 Å². The van der Waals surface area contributed by atoms with Crippen LogP contribution in [0.5, 0.6) is 0 Å². The molecule has 2 saturated carbocycles. The molecule has 0 saturated heterocycles. The summed E-state index contributed by atoms with van der Waals surface area (Å²) in [4.78, 5) is 24.0. The molecule has 0 heterocycles. The molecule has 2 N–H and O–H groups in total. The molecule has 4 unspecified atom stereocenters. The Morgan fingerprint density at radius 1 is 1.29 bits per heavy atom. The molecule has 6 heteroatoms. The molecule has 1 amide bonds. The van der Waals surface area contributed by atoms with Crippen molar-refractivity contribution in [2.24, 2.45) is 17.8 Å². The maximum absolute atomic E-state index is 12.5. The predicted octanol–water partition coefficient (Wildman–Crippen LogP) is 3.28. The summed E-state index contributed by atoms with van der Waals surface area (Å²) in [6.45, 7) is 0. The average molecular weight is 464 g/mol. The van der Waals surface area contributed by atoms with Gasteiger partial charge in [-0.25, -0.2) is 0 Å². The van der Waals surface area contributed by atoms with Crippen LogP contribution in [0.15, 0.2) is 22.7 Å². The molecule has 21 heavy (non-hydrogen) atoms. The van der Waals surface area contributed by atoms with E-state index in [2.05, 4.69) is 43.8 Å². The molecule has 2 fully saturated rings. The molecule has 2 bridgehead atoms. The summed E-state index contributed by atoms with van der Waals surface area (Å²) in [5.74, 6) is -0.883. The Kier molecular flexibility index (Phi) is 4.27. The lowest BCUT2D eigenvalue weighted by atomic mass is 9.84. The molecule has 1 aromatic carbocycles. The largest absolute Gasteiger partial charge is 0.481 e. The van der Waals surface area contributed by atoms with Gasteiger partial charge in [-0.2, -0.15) is 0 Å². The summed E-state index contributed by atoms with van der Waals surface area (Å²) in [5.41, 5.74) is 0.564. The highest BCUT2D eigenvalue weighted by molar-refractivity contribution is 14.1. The lowest BCUT2D eigenvalue weighted by Gasteiger charge is -2.29. The molecular formula is C15H15BrINO3. The first-order chi connectivity index (χ1) is 9.97. The van der Waals surface area contributed by atoms with Gasteiger partial charge in [0.25, 0.3) is 5.91 Å². The van der Waals surface area contributed by atoms with E-state index in [1.165, 1.54) is 0 Å². The number of carbonyl (C=O) groups excluding carboxylic acids is 1. The van der Waals surface area contributed by atoms with Gasteiger partial charge >= 0.3 is 5.97 Å². The topological polar surface area (TPSA) is 66.4 Å². The van der Waals surface area contributed by atoms with Crippen LogP contribution in [0.25, 0.3) is 0 Å². The Morgan fingerprint density at radius 2 is 2.00 bits per heavy atom. The second kappa shape index (κ2) is 5.87. The van der Waals surface area contributed by atoms with Crippen LogP contribution in [0, 0.1) is 21.3 Å². The molecule has 0 aromatic heterocycles. The van der Waals surface area contributed by atoms with E-state index in [0.717, 1.165) is 27.3 Å². The van der Waals surface area contributed by atoms with Crippen LogP contribution in [0.2, 0.25) is 0 Å². The van der Waals surface area contributed by atoms with E-state index >= 15 is 0 Å². The zero-order chi connectivity index (χ0) is 15.1. The van der Waals surface area contributed by atoms with Gasteiger partial charge in [-0.05, 0) is 87.8 Å².